The average molecular weight is 489 g/mol. The first-order chi connectivity index (χ1) is 16.7. The zero-order chi connectivity index (χ0) is 26.9. The lowest BCUT2D eigenvalue weighted by atomic mass is 9.91. The van der Waals surface area contributed by atoms with Crippen LogP contribution in [0.25, 0.3) is 0 Å². The molecule has 0 saturated heterocycles. The van der Waals surface area contributed by atoms with Crippen molar-refractivity contribution in [2.24, 2.45) is 0 Å². The van der Waals surface area contributed by atoms with Gasteiger partial charge in [0.25, 0.3) is 0 Å². The maximum atomic E-state index is 13.5. The lowest BCUT2D eigenvalue weighted by molar-refractivity contribution is 0.193. The fourth-order valence-electron chi connectivity index (χ4n) is 4.20. The number of rotatable bonds is 18. The SMILES string of the molecule is C=C.C=CCN(CC)C(C)C(Cc1ccc(F)cc1)NC(=C)[C@](C)(CC)NCC(CCCC)NC. The summed E-state index contributed by atoms with van der Waals surface area (Å²) in [7, 11) is 2.04. The van der Waals surface area contributed by atoms with Crippen LogP contribution in [0.5, 0.6) is 0 Å². The molecule has 0 aliphatic heterocycles. The van der Waals surface area contributed by atoms with Gasteiger partial charge in [-0.3, -0.25) is 4.90 Å². The van der Waals surface area contributed by atoms with Gasteiger partial charge in [-0.05, 0) is 64.4 Å². The minimum atomic E-state index is -0.225. The van der Waals surface area contributed by atoms with Crippen molar-refractivity contribution in [2.75, 3.05) is 26.7 Å². The Morgan fingerprint density at radius 2 is 1.80 bits per heavy atom. The molecule has 0 bridgehead atoms. The fraction of sp³-hybridized carbons (Fsp3) is 0.600. The summed E-state index contributed by atoms with van der Waals surface area (Å²) >= 11 is 0. The Kier molecular flexibility index (Phi) is 17.3. The van der Waals surface area contributed by atoms with Crippen LogP contribution in [0.15, 0.2) is 62.4 Å². The molecule has 4 atom stereocenters. The number of benzene rings is 1. The predicted molar refractivity (Wildman–Crippen MR) is 153 cm³/mol. The van der Waals surface area contributed by atoms with Crippen LogP contribution in [0.1, 0.15) is 65.9 Å². The Hall–Kier alpha value is -1.95. The molecule has 200 valence electrons. The van der Waals surface area contributed by atoms with E-state index in [-0.39, 0.29) is 23.4 Å². The van der Waals surface area contributed by atoms with Crippen LogP contribution in [0.2, 0.25) is 0 Å². The highest BCUT2D eigenvalue weighted by Crippen LogP contribution is 2.21. The Morgan fingerprint density at radius 1 is 1.17 bits per heavy atom. The minimum absolute atomic E-state index is 0.135. The van der Waals surface area contributed by atoms with Crippen molar-refractivity contribution in [1.29, 1.82) is 0 Å². The molecule has 3 N–H and O–H groups in total. The quantitative estimate of drug-likeness (QED) is 0.219. The van der Waals surface area contributed by atoms with Crippen LogP contribution in [0.3, 0.4) is 0 Å². The van der Waals surface area contributed by atoms with Gasteiger partial charge in [0.05, 0.1) is 5.54 Å². The van der Waals surface area contributed by atoms with E-state index in [2.05, 4.69) is 81.8 Å². The molecule has 0 radical (unpaired) electrons. The molecule has 0 amide bonds. The molecule has 0 aliphatic rings. The molecule has 1 aromatic carbocycles. The maximum absolute atomic E-state index is 13.5. The molecule has 35 heavy (non-hydrogen) atoms. The summed E-state index contributed by atoms with van der Waals surface area (Å²) < 4.78 is 13.5. The smallest absolute Gasteiger partial charge is 0.123 e. The Morgan fingerprint density at radius 3 is 2.29 bits per heavy atom. The standard InChI is InChI=1S/C28H49FN4.C2H4/c1-9-13-14-26(30-8)21-31-28(7,11-3)23(6)32-27(22(5)33(12-4)19-10-2)20-24-15-17-25(29)18-16-24;1-2/h10,15-18,22,26-27,30-32H,2,6,9,11-14,19-21H2,1,3-5,7-8H3;1-2H2/t22?,26?,27?,28-;/m0./s1. The summed E-state index contributed by atoms with van der Waals surface area (Å²) in [5.74, 6) is -0.201. The molecule has 0 aliphatic carbocycles. The maximum Gasteiger partial charge on any atom is 0.123 e. The van der Waals surface area contributed by atoms with Gasteiger partial charge in [0.15, 0.2) is 0 Å². The zero-order valence-corrected chi connectivity index (χ0v) is 23.4. The first-order valence-electron chi connectivity index (χ1n) is 13.2. The summed E-state index contributed by atoms with van der Waals surface area (Å²) in [5, 5.41) is 11.0. The van der Waals surface area contributed by atoms with E-state index in [1.807, 2.05) is 25.3 Å². The molecule has 5 heteroatoms. The highest BCUT2D eigenvalue weighted by molar-refractivity contribution is 5.20. The summed E-state index contributed by atoms with van der Waals surface area (Å²) in [6, 6.07) is 7.68. The predicted octanol–water partition coefficient (Wildman–Crippen LogP) is 6.08. The van der Waals surface area contributed by atoms with Crippen molar-refractivity contribution >= 4 is 0 Å². The summed E-state index contributed by atoms with van der Waals surface area (Å²) in [5.41, 5.74) is 1.89. The van der Waals surface area contributed by atoms with E-state index in [1.165, 1.54) is 12.8 Å². The third kappa shape index (κ3) is 11.6. The summed E-state index contributed by atoms with van der Waals surface area (Å²) in [6.45, 7) is 28.2. The molecule has 0 saturated carbocycles. The number of nitrogens with one attached hydrogen (secondary N) is 3. The molecule has 1 aromatic rings. The lowest BCUT2D eigenvalue weighted by Crippen LogP contribution is -2.56. The molecular formula is C30H53FN4. The molecule has 1 rings (SSSR count). The number of halogens is 1. The second kappa shape index (κ2) is 18.3. The first-order valence-corrected chi connectivity index (χ1v) is 13.2. The normalized spacial score (nSPS) is 15.3. The van der Waals surface area contributed by atoms with E-state index in [9.17, 15) is 4.39 Å². The first kappa shape index (κ1) is 33.0. The number of nitrogens with zero attached hydrogens (tertiary/aromatic N) is 1. The molecule has 0 spiro atoms. The van der Waals surface area contributed by atoms with E-state index >= 15 is 0 Å². The third-order valence-electron chi connectivity index (χ3n) is 7.08. The molecule has 0 aromatic heterocycles. The monoisotopic (exact) mass is 488 g/mol. The van der Waals surface area contributed by atoms with Gasteiger partial charge in [-0.25, -0.2) is 4.39 Å². The van der Waals surface area contributed by atoms with Crippen LogP contribution in [0.4, 0.5) is 4.39 Å². The Bertz CT molecular complexity index is 705. The second-order valence-electron chi connectivity index (χ2n) is 9.37. The second-order valence-corrected chi connectivity index (χ2v) is 9.37. The van der Waals surface area contributed by atoms with E-state index in [0.717, 1.165) is 50.2 Å². The van der Waals surface area contributed by atoms with Crippen molar-refractivity contribution in [3.8, 4) is 0 Å². The van der Waals surface area contributed by atoms with E-state index in [4.69, 9.17) is 0 Å². The number of likely N-dealkylation sites (N-methyl/N-ethyl adjacent to an activating group) is 2. The minimum Gasteiger partial charge on any atom is -0.383 e. The van der Waals surface area contributed by atoms with Gasteiger partial charge in [0, 0.05) is 36.9 Å². The van der Waals surface area contributed by atoms with Crippen molar-refractivity contribution in [2.45, 2.75) is 90.4 Å². The Balaban J connectivity index is 0.00000562. The van der Waals surface area contributed by atoms with E-state index in [1.54, 1.807) is 12.1 Å². The van der Waals surface area contributed by atoms with Gasteiger partial charge in [0.1, 0.15) is 5.82 Å². The van der Waals surface area contributed by atoms with Crippen LogP contribution >= 0.6 is 0 Å². The topological polar surface area (TPSA) is 39.3 Å². The highest BCUT2D eigenvalue weighted by Gasteiger charge is 2.30. The van der Waals surface area contributed by atoms with Crippen LogP contribution in [0, 0.1) is 5.82 Å². The van der Waals surface area contributed by atoms with Gasteiger partial charge in [-0.15, -0.1) is 19.7 Å². The van der Waals surface area contributed by atoms with Gasteiger partial charge in [0.2, 0.25) is 0 Å². The summed E-state index contributed by atoms with van der Waals surface area (Å²) in [4.78, 5) is 2.40. The van der Waals surface area contributed by atoms with Gasteiger partial charge < -0.3 is 16.0 Å². The lowest BCUT2D eigenvalue weighted by Gasteiger charge is -2.40. The van der Waals surface area contributed by atoms with Crippen molar-refractivity contribution in [3.05, 3.63) is 73.7 Å². The number of unbranched alkanes of at least 4 members (excludes halogenated alkanes) is 1. The van der Waals surface area contributed by atoms with Gasteiger partial charge in [-0.1, -0.05) is 58.4 Å². The van der Waals surface area contributed by atoms with Crippen molar-refractivity contribution in [1.82, 2.24) is 20.9 Å². The van der Waals surface area contributed by atoms with E-state index in [0.29, 0.717) is 6.04 Å². The van der Waals surface area contributed by atoms with Gasteiger partial charge >= 0.3 is 0 Å². The summed E-state index contributed by atoms with van der Waals surface area (Å²) in [6.07, 6.45) is 7.28. The molecular weight excluding hydrogens is 435 g/mol. The van der Waals surface area contributed by atoms with Crippen molar-refractivity contribution in [3.63, 3.8) is 0 Å². The number of hydrogen-bond acceptors (Lipinski definition) is 4. The highest BCUT2D eigenvalue weighted by atomic mass is 19.1. The van der Waals surface area contributed by atoms with Crippen LogP contribution < -0.4 is 16.0 Å². The van der Waals surface area contributed by atoms with E-state index < -0.39 is 0 Å². The number of hydrogen-bond donors (Lipinski definition) is 3. The zero-order valence-electron chi connectivity index (χ0n) is 23.4. The van der Waals surface area contributed by atoms with Crippen molar-refractivity contribution < 1.29 is 4.39 Å². The Labute approximate surface area is 216 Å². The third-order valence-corrected chi connectivity index (χ3v) is 7.08. The molecule has 0 fully saturated rings. The molecule has 3 unspecified atom stereocenters. The van der Waals surface area contributed by atoms with Crippen LogP contribution in [-0.2, 0) is 6.42 Å². The average Bonchev–Trinajstić information content (AvgIpc) is 2.88. The largest absolute Gasteiger partial charge is 0.383 e. The molecule has 0 heterocycles. The fourth-order valence-corrected chi connectivity index (χ4v) is 4.20. The molecule has 4 nitrogen and oxygen atoms in total. The van der Waals surface area contributed by atoms with Crippen LogP contribution in [-0.4, -0.2) is 55.2 Å². The van der Waals surface area contributed by atoms with Gasteiger partial charge in [-0.2, -0.15) is 0 Å².